The van der Waals surface area contributed by atoms with Crippen LogP contribution in [0.3, 0.4) is 0 Å². The van der Waals surface area contributed by atoms with Crippen molar-refractivity contribution in [1.29, 1.82) is 0 Å². The Labute approximate surface area is 235 Å². The maximum atomic E-state index is 4.38. The molecule has 38 heavy (non-hydrogen) atoms. The second kappa shape index (κ2) is 13.0. The number of benzene rings is 2. The molecule has 0 saturated heterocycles. The third kappa shape index (κ3) is 5.21. The minimum atomic E-state index is 0. The van der Waals surface area contributed by atoms with Crippen LogP contribution in [0.15, 0.2) is 61.0 Å². The van der Waals surface area contributed by atoms with Crippen LogP contribution in [0.1, 0.15) is 115 Å². The fourth-order valence-corrected chi connectivity index (χ4v) is 7.14. The van der Waals surface area contributed by atoms with Gasteiger partial charge in [-0.05, 0) is 62.8 Å². The number of anilines is 2. The number of nitrogens with zero attached hydrogens (tertiary/aromatic N) is 2. The molecule has 2 heterocycles. The van der Waals surface area contributed by atoms with Gasteiger partial charge in [0, 0.05) is 47.7 Å². The zero-order valence-electron chi connectivity index (χ0n) is 25.1. The van der Waals surface area contributed by atoms with E-state index in [0.717, 1.165) is 0 Å². The van der Waals surface area contributed by atoms with E-state index in [1.165, 1.54) is 103 Å². The number of rotatable bonds is 0. The summed E-state index contributed by atoms with van der Waals surface area (Å²) in [4.78, 5) is 4.60. The summed E-state index contributed by atoms with van der Waals surface area (Å²) >= 11 is 0. The summed E-state index contributed by atoms with van der Waals surface area (Å²) in [5, 5.41) is 0. The van der Waals surface area contributed by atoms with Gasteiger partial charge in [-0.3, -0.25) is 0 Å². The summed E-state index contributed by atoms with van der Waals surface area (Å²) in [6.45, 7) is 21.1. The highest BCUT2D eigenvalue weighted by molar-refractivity contribution is 5.71. The molecular weight excluding hydrogens is 460 g/mol. The highest BCUT2D eigenvalue weighted by Crippen LogP contribution is 2.56. The molecule has 0 radical (unpaired) electrons. The Kier molecular flexibility index (Phi) is 10.9. The summed E-state index contributed by atoms with van der Waals surface area (Å²) < 4.78 is 0. The molecule has 2 aliphatic carbocycles. The number of likely N-dealkylation sites (N-methyl/N-ethyl adjacent to an activating group) is 2. The number of hydrogen-bond donors (Lipinski definition) is 0. The van der Waals surface area contributed by atoms with Gasteiger partial charge in [-0.25, -0.2) is 0 Å². The van der Waals surface area contributed by atoms with Gasteiger partial charge in [0.2, 0.25) is 0 Å². The van der Waals surface area contributed by atoms with Crippen molar-refractivity contribution in [3.05, 3.63) is 83.2 Å². The molecule has 6 rings (SSSR count). The molecule has 2 aromatic rings. The molecule has 0 atom stereocenters. The maximum Gasteiger partial charge on any atom is 0.0448 e. The number of allylic oxidation sites excluding steroid dienone is 2. The van der Waals surface area contributed by atoms with Crippen molar-refractivity contribution in [3.8, 4) is 0 Å². The Balaban J connectivity index is 0.000000231. The first kappa shape index (κ1) is 31.7. The van der Waals surface area contributed by atoms with Crippen molar-refractivity contribution < 1.29 is 0 Å². The van der Waals surface area contributed by atoms with Gasteiger partial charge in [0.15, 0.2) is 0 Å². The number of hydrogen-bond acceptors (Lipinski definition) is 2. The second-order valence-corrected chi connectivity index (χ2v) is 11.0. The van der Waals surface area contributed by atoms with Crippen LogP contribution in [0.25, 0.3) is 0 Å². The molecule has 2 fully saturated rings. The van der Waals surface area contributed by atoms with Crippen molar-refractivity contribution >= 4 is 11.4 Å². The van der Waals surface area contributed by atoms with E-state index in [1.54, 1.807) is 0 Å². The highest BCUT2D eigenvalue weighted by atomic mass is 15.2. The van der Waals surface area contributed by atoms with E-state index in [-0.39, 0.29) is 18.3 Å². The van der Waals surface area contributed by atoms with Gasteiger partial charge in [0.25, 0.3) is 0 Å². The smallest absolute Gasteiger partial charge is 0.0448 e. The molecule has 2 aliphatic heterocycles. The molecule has 0 amide bonds. The van der Waals surface area contributed by atoms with E-state index >= 15 is 0 Å². The molecule has 2 saturated carbocycles. The fourth-order valence-electron chi connectivity index (χ4n) is 7.14. The van der Waals surface area contributed by atoms with Crippen LogP contribution in [-0.4, -0.2) is 14.1 Å². The van der Waals surface area contributed by atoms with Gasteiger partial charge in [-0.2, -0.15) is 0 Å². The lowest BCUT2D eigenvalue weighted by Gasteiger charge is -2.35. The van der Waals surface area contributed by atoms with Crippen molar-refractivity contribution in [2.45, 2.75) is 118 Å². The normalized spacial score (nSPS) is 19.4. The molecule has 2 heteroatoms. The standard InChI is InChI=1S/C16H21N.C15H19N.2C2H6.CH4/c1-12-7-8-15-14(11-12)16(13(2)17(15)3)9-5-4-6-10-16;1-11-6-7-14-13(10-11)15(8-4-5-9-15)12(2)16(14)3;2*1-2;/h7-8,11H,2,4-6,9-10H2,1,3H3;6-7,10H,2,4-5,8-9H2,1,3H3;2*1-2H3;1H4. The average Bonchev–Trinajstić information content (AvgIpc) is 3.56. The van der Waals surface area contributed by atoms with E-state index in [4.69, 9.17) is 0 Å². The monoisotopic (exact) mass is 516 g/mol. The second-order valence-electron chi connectivity index (χ2n) is 11.0. The van der Waals surface area contributed by atoms with E-state index < -0.39 is 0 Å². The highest BCUT2D eigenvalue weighted by Gasteiger charge is 2.47. The van der Waals surface area contributed by atoms with Crippen LogP contribution in [0, 0.1) is 13.8 Å². The predicted molar refractivity (Wildman–Crippen MR) is 172 cm³/mol. The molecule has 0 N–H and O–H groups in total. The Morgan fingerprint density at radius 3 is 1.24 bits per heavy atom. The average molecular weight is 517 g/mol. The zero-order chi connectivity index (χ0) is 27.4. The number of aryl methyl sites for hydroxylation is 2. The molecular formula is C36H56N2. The minimum absolute atomic E-state index is 0. The van der Waals surface area contributed by atoms with Crippen LogP contribution in [0.4, 0.5) is 11.4 Å². The fraction of sp³-hybridized carbons (Fsp3) is 0.556. The lowest BCUT2D eigenvalue weighted by atomic mass is 9.69. The van der Waals surface area contributed by atoms with E-state index in [9.17, 15) is 0 Å². The van der Waals surface area contributed by atoms with Crippen molar-refractivity contribution in [2.24, 2.45) is 0 Å². The van der Waals surface area contributed by atoms with Crippen LogP contribution >= 0.6 is 0 Å². The summed E-state index contributed by atoms with van der Waals surface area (Å²) in [5.41, 5.74) is 11.7. The third-order valence-corrected chi connectivity index (χ3v) is 9.14. The zero-order valence-corrected chi connectivity index (χ0v) is 25.1. The molecule has 210 valence electrons. The van der Waals surface area contributed by atoms with Crippen LogP contribution in [-0.2, 0) is 10.8 Å². The molecule has 0 bridgehead atoms. The molecule has 2 spiro atoms. The number of fused-ring (bicyclic) bond motifs is 4. The van der Waals surface area contributed by atoms with Gasteiger partial charge in [-0.1, -0.05) is 116 Å². The lowest BCUT2D eigenvalue weighted by Crippen LogP contribution is -2.31. The topological polar surface area (TPSA) is 6.48 Å². The summed E-state index contributed by atoms with van der Waals surface area (Å²) in [5.74, 6) is 0. The molecule has 0 unspecified atom stereocenters. The van der Waals surface area contributed by atoms with Gasteiger partial charge < -0.3 is 9.80 Å². The SMILES string of the molecule is C.C=C1N(C)c2ccc(C)cc2C12CCCC2.C=C1N(C)c2ccc(C)cc2C12CCCCC2.CC.CC. The van der Waals surface area contributed by atoms with Crippen LogP contribution in [0.2, 0.25) is 0 Å². The molecule has 4 aliphatic rings. The van der Waals surface area contributed by atoms with Crippen LogP contribution in [0.5, 0.6) is 0 Å². The van der Waals surface area contributed by atoms with Crippen molar-refractivity contribution in [3.63, 3.8) is 0 Å². The first-order valence-corrected chi connectivity index (χ1v) is 14.9. The van der Waals surface area contributed by atoms with Crippen LogP contribution < -0.4 is 9.80 Å². The molecule has 2 nitrogen and oxygen atoms in total. The maximum absolute atomic E-state index is 4.38. The van der Waals surface area contributed by atoms with Gasteiger partial charge in [0.1, 0.15) is 0 Å². The first-order valence-electron chi connectivity index (χ1n) is 14.9. The lowest BCUT2D eigenvalue weighted by molar-refractivity contribution is 0.347. The van der Waals surface area contributed by atoms with E-state index in [1.807, 2.05) is 27.7 Å². The summed E-state index contributed by atoms with van der Waals surface area (Å²) in [7, 11) is 4.32. The van der Waals surface area contributed by atoms with Gasteiger partial charge in [-0.15, -0.1) is 0 Å². The Hall–Kier alpha value is -2.48. The Bertz CT molecular complexity index is 1100. The largest absolute Gasteiger partial charge is 0.348 e. The van der Waals surface area contributed by atoms with Gasteiger partial charge >= 0.3 is 0 Å². The minimum Gasteiger partial charge on any atom is -0.348 e. The molecule has 0 aromatic heterocycles. The van der Waals surface area contributed by atoms with Crippen molar-refractivity contribution in [2.75, 3.05) is 23.9 Å². The van der Waals surface area contributed by atoms with E-state index in [2.05, 4.69) is 87.3 Å². The quantitative estimate of drug-likeness (QED) is 0.343. The summed E-state index contributed by atoms with van der Waals surface area (Å²) in [6, 6.07) is 13.7. The molecule has 2 aromatic carbocycles. The Morgan fingerprint density at radius 2 is 0.895 bits per heavy atom. The Morgan fingerprint density at radius 1 is 0.579 bits per heavy atom. The first-order chi connectivity index (χ1) is 17.8. The van der Waals surface area contributed by atoms with Gasteiger partial charge in [0.05, 0.1) is 0 Å². The van der Waals surface area contributed by atoms with E-state index in [0.29, 0.717) is 0 Å². The van der Waals surface area contributed by atoms with Crippen molar-refractivity contribution in [1.82, 2.24) is 0 Å². The summed E-state index contributed by atoms with van der Waals surface area (Å²) in [6.07, 6.45) is 11.9. The third-order valence-electron chi connectivity index (χ3n) is 9.14. The predicted octanol–water partition coefficient (Wildman–Crippen LogP) is 10.6.